The molecule has 0 saturated carbocycles. The third-order valence-corrected chi connectivity index (χ3v) is 3.34. The molecule has 1 unspecified atom stereocenters. The fourth-order valence-corrected chi connectivity index (χ4v) is 2.24. The number of carbonyl (C=O) groups excluding carboxylic acids is 1. The van der Waals surface area contributed by atoms with Crippen LogP contribution in [0.4, 0.5) is 10.1 Å². The van der Waals surface area contributed by atoms with Gasteiger partial charge in [0, 0.05) is 24.7 Å². The van der Waals surface area contributed by atoms with E-state index in [0.29, 0.717) is 23.6 Å². The van der Waals surface area contributed by atoms with Crippen LogP contribution in [0.1, 0.15) is 16.8 Å². The number of carbonyl (C=O) groups is 1. The first-order chi connectivity index (χ1) is 8.11. The smallest absolute Gasteiger partial charge is 0.150 e. The average molecular weight is 236 g/mol. The van der Waals surface area contributed by atoms with Crippen molar-refractivity contribution in [2.75, 3.05) is 32.1 Å². The first-order valence-electron chi connectivity index (χ1n) is 5.78. The van der Waals surface area contributed by atoms with Crippen LogP contribution in [0.3, 0.4) is 0 Å². The predicted octanol–water partition coefficient (Wildman–Crippen LogP) is 1.78. The lowest BCUT2D eigenvalue weighted by Crippen LogP contribution is -2.31. The van der Waals surface area contributed by atoms with E-state index in [1.807, 2.05) is 19.0 Å². The highest BCUT2D eigenvalue weighted by Crippen LogP contribution is 2.25. The Morgan fingerprint density at radius 3 is 2.76 bits per heavy atom. The molecule has 0 aliphatic carbocycles. The minimum atomic E-state index is -0.311. The van der Waals surface area contributed by atoms with E-state index >= 15 is 0 Å². The maximum absolute atomic E-state index is 13.8. The van der Waals surface area contributed by atoms with Crippen LogP contribution < -0.4 is 4.90 Å². The van der Waals surface area contributed by atoms with Crippen molar-refractivity contribution < 1.29 is 9.18 Å². The molecule has 1 aliphatic heterocycles. The molecule has 1 heterocycles. The number of hydrogen-bond donors (Lipinski definition) is 0. The normalized spacial score (nSPS) is 20.0. The van der Waals surface area contributed by atoms with Crippen LogP contribution in [0.25, 0.3) is 0 Å². The van der Waals surface area contributed by atoms with E-state index in [1.54, 1.807) is 12.1 Å². The van der Waals surface area contributed by atoms with Gasteiger partial charge in [-0.2, -0.15) is 0 Å². The van der Waals surface area contributed by atoms with Crippen LogP contribution in [-0.4, -0.2) is 44.4 Å². The Balaban J connectivity index is 2.16. The van der Waals surface area contributed by atoms with Crippen molar-refractivity contribution in [1.29, 1.82) is 0 Å². The molecule has 1 aromatic carbocycles. The van der Waals surface area contributed by atoms with Gasteiger partial charge in [0.25, 0.3) is 0 Å². The molecule has 0 N–H and O–H groups in total. The molecular weight excluding hydrogens is 219 g/mol. The van der Waals surface area contributed by atoms with Gasteiger partial charge in [0.15, 0.2) is 0 Å². The molecule has 1 atom stereocenters. The topological polar surface area (TPSA) is 23.6 Å². The van der Waals surface area contributed by atoms with Gasteiger partial charge in [-0.15, -0.1) is 0 Å². The van der Waals surface area contributed by atoms with Crippen molar-refractivity contribution in [3.8, 4) is 0 Å². The van der Waals surface area contributed by atoms with Crippen LogP contribution in [-0.2, 0) is 0 Å². The molecule has 17 heavy (non-hydrogen) atoms. The number of aldehydes is 1. The fourth-order valence-electron chi connectivity index (χ4n) is 2.24. The third kappa shape index (κ3) is 2.47. The molecule has 1 aromatic rings. The molecule has 92 valence electrons. The monoisotopic (exact) mass is 236 g/mol. The lowest BCUT2D eigenvalue weighted by Gasteiger charge is -2.22. The quantitative estimate of drug-likeness (QED) is 0.747. The molecule has 0 radical (unpaired) electrons. The van der Waals surface area contributed by atoms with E-state index in [4.69, 9.17) is 0 Å². The first kappa shape index (κ1) is 12.0. The first-order valence-corrected chi connectivity index (χ1v) is 5.78. The molecule has 0 bridgehead atoms. The Bertz CT molecular complexity index is 420. The zero-order valence-electron chi connectivity index (χ0n) is 10.2. The predicted molar refractivity (Wildman–Crippen MR) is 66.1 cm³/mol. The fraction of sp³-hybridized carbons (Fsp3) is 0.462. The van der Waals surface area contributed by atoms with Crippen molar-refractivity contribution in [2.45, 2.75) is 12.5 Å². The highest BCUT2D eigenvalue weighted by atomic mass is 19.1. The summed E-state index contributed by atoms with van der Waals surface area (Å²) in [6.07, 6.45) is 1.71. The number of anilines is 1. The molecule has 1 fully saturated rings. The maximum atomic E-state index is 13.8. The van der Waals surface area contributed by atoms with E-state index in [9.17, 15) is 9.18 Å². The SMILES string of the molecule is CN(C)C1CCN(c2ccc(C=O)cc2F)C1. The molecule has 0 spiro atoms. The van der Waals surface area contributed by atoms with Crippen molar-refractivity contribution >= 4 is 12.0 Å². The Labute approximate surface area is 101 Å². The van der Waals surface area contributed by atoms with Gasteiger partial charge in [-0.3, -0.25) is 4.79 Å². The Hall–Kier alpha value is -1.42. The molecule has 3 nitrogen and oxygen atoms in total. The molecular formula is C13H17FN2O. The van der Waals surface area contributed by atoms with E-state index in [1.165, 1.54) is 6.07 Å². The number of hydrogen-bond acceptors (Lipinski definition) is 3. The maximum Gasteiger partial charge on any atom is 0.150 e. The number of benzene rings is 1. The van der Waals surface area contributed by atoms with Gasteiger partial charge in [0.05, 0.1) is 5.69 Å². The summed E-state index contributed by atoms with van der Waals surface area (Å²) in [5.41, 5.74) is 0.981. The Morgan fingerprint density at radius 2 is 2.24 bits per heavy atom. The molecule has 0 aromatic heterocycles. The summed E-state index contributed by atoms with van der Waals surface area (Å²) >= 11 is 0. The summed E-state index contributed by atoms with van der Waals surface area (Å²) in [4.78, 5) is 14.7. The van der Waals surface area contributed by atoms with E-state index in [0.717, 1.165) is 19.5 Å². The van der Waals surface area contributed by atoms with Crippen molar-refractivity contribution in [1.82, 2.24) is 4.90 Å². The van der Waals surface area contributed by atoms with Gasteiger partial charge in [0.1, 0.15) is 12.1 Å². The van der Waals surface area contributed by atoms with Crippen LogP contribution in [0.15, 0.2) is 18.2 Å². The second kappa shape index (κ2) is 4.84. The van der Waals surface area contributed by atoms with Gasteiger partial charge < -0.3 is 9.80 Å². The minimum absolute atomic E-state index is 0.311. The van der Waals surface area contributed by atoms with Crippen LogP contribution >= 0.6 is 0 Å². The number of rotatable bonds is 3. The highest BCUT2D eigenvalue weighted by Gasteiger charge is 2.25. The van der Waals surface area contributed by atoms with Crippen molar-refractivity contribution in [3.63, 3.8) is 0 Å². The zero-order valence-corrected chi connectivity index (χ0v) is 10.2. The molecule has 1 aliphatic rings. The van der Waals surface area contributed by atoms with Gasteiger partial charge in [-0.25, -0.2) is 4.39 Å². The summed E-state index contributed by atoms with van der Waals surface area (Å²) in [6.45, 7) is 1.70. The Kier molecular flexibility index (Phi) is 3.43. The highest BCUT2D eigenvalue weighted by molar-refractivity contribution is 5.76. The largest absolute Gasteiger partial charge is 0.368 e. The number of likely N-dealkylation sites (N-methyl/N-ethyl adjacent to an activating group) is 1. The Morgan fingerprint density at radius 1 is 1.47 bits per heavy atom. The van der Waals surface area contributed by atoms with Crippen LogP contribution in [0.5, 0.6) is 0 Å². The molecule has 1 saturated heterocycles. The van der Waals surface area contributed by atoms with Crippen LogP contribution in [0, 0.1) is 5.82 Å². The zero-order chi connectivity index (χ0) is 12.4. The number of halogens is 1. The lowest BCUT2D eigenvalue weighted by atomic mass is 10.2. The van der Waals surface area contributed by atoms with Gasteiger partial charge >= 0.3 is 0 Å². The van der Waals surface area contributed by atoms with Crippen molar-refractivity contribution in [3.05, 3.63) is 29.6 Å². The summed E-state index contributed by atoms with van der Waals surface area (Å²) in [7, 11) is 4.08. The number of nitrogens with zero attached hydrogens (tertiary/aromatic N) is 2. The van der Waals surface area contributed by atoms with Gasteiger partial charge in [0.2, 0.25) is 0 Å². The summed E-state index contributed by atoms with van der Waals surface area (Å²) < 4.78 is 13.8. The second-order valence-corrected chi connectivity index (χ2v) is 4.68. The summed E-state index contributed by atoms with van der Waals surface area (Å²) in [6, 6.07) is 5.12. The standard InChI is InChI=1S/C13H17FN2O/c1-15(2)11-5-6-16(8-11)13-4-3-10(9-17)7-12(13)14/h3-4,7,9,11H,5-6,8H2,1-2H3. The summed E-state index contributed by atoms with van der Waals surface area (Å²) in [5, 5.41) is 0. The molecule has 2 rings (SSSR count). The minimum Gasteiger partial charge on any atom is -0.368 e. The van der Waals surface area contributed by atoms with Gasteiger partial charge in [-0.1, -0.05) is 0 Å². The third-order valence-electron chi connectivity index (χ3n) is 3.34. The summed E-state index contributed by atoms with van der Waals surface area (Å²) in [5.74, 6) is -0.311. The molecule has 4 heteroatoms. The van der Waals surface area contributed by atoms with Crippen LogP contribution in [0.2, 0.25) is 0 Å². The average Bonchev–Trinajstić information content (AvgIpc) is 2.78. The van der Waals surface area contributed by atoms with Crippen molar-refractivity contribution in [2.24, 2.45) is 0 Å². The lowest BCUT2D eigenvalue weighted by molar-refractivity contribution is 0.112. The molecule has 0 amide bonds. The van der Waals surface area contributed by atoms with E-state index in [-0.39, 0.29) is 5.82 Å². The van der Waals surface area contributed by atoms with E-state index < -0.39 is 0 Å². The second-order valence-electron chi connectivity index (χ2n) is 4.68. The van der Waals surface area contributed by atoms with Gasteiger partial charge in [-0.05, 0) is 38.7 Å². The van der Waals surface area contributed by atoms with E-state index in [2.05, 4.69) is 4.90 Å².